The molecule has 0 aromatic heterocycles. The lowest BCUT2D eigenvalue weighted by Crippen LogP contribution is -2.15. The van der Waals surface area contributed by atoms with E-state index in [1.54, 1.807) is 14.2 Å². The first-order valence-corrected chi connectivity index (χ1v) is 4.69. The number of para-hydroxylation sites is 1. The Morgan fingerprint density at radius 1 is 1.20 bits per heavy atom. The molecule has 0 saturated heterocycles. The van der Waals surface area contributed by atoms with E-state index in [1.165, 1.54) is 0 Å². The summed E-state index contributed by atoms with van der Waals surface area (Å²) in [5.74, 6) is 1.28. The molecule has 0 amide bonds. The van der Waals surface area contributed by atoms with Gasteiger partial charge in [-0.2, -0.15) is 5.26 Å². The molecule has 0 spiro atoms. The second-order valence-corrected chi connectivity index (χ2v) is 3.78. The van der Waals surface area contributed by atoms with Gasteiger partial charge in [-0.25, -0.2) is 0 Å². The molecule has 0 radical (unpaired) electrons. The molecule has 15 heavy (non-hydrogen) atoms. The fraction of sp³-hybridized carbons (Fsp3) is 0.417. The maximum Gasteiger partial charge on any atom is 0.165 e. The minimum atomic E-state index is -0.583. The van der Waals surface area contributed by atoms with Crippen LogP contribution < -0.4 is 9.47 Å². The van der Waals surface area contributed by atoms with Crippen molar-refractivity contribution in [2.75, 3.05) is 14.2 Å². The van der Waals surface area contributed by atoms with Crippen molar-refractivity contribution < 1.29 is 9.47 Å². The van der Waals surface area contributed by atoms with Crippen molar-refractivity contribution >= 4 is 0 Å². The molecule has 1 aromatic rings. The third-order valence-electron chi connectivity index (χ3n) is 2.36. The Labute approximate surface area is 90.2 Å². The Hall–Kier alpha value is -1.69. The standard InChI is InChI=1S/C12H15NO2/c1-12(2,8-13)9-6-5-7-10(14-3)11(9)15-4/h5-7H,1-4H3. The molecule has 0 N–H and O–H groups in total. The van der Waals surface area contributed by atoms with E-state index in [0.29, 0.717) is 11.5 Å². The van der Waals surface area contributed by atoms with Crippen LogP contribution in [-0.4, -0.2) is 14.2 Å². The summed E-state index contributed by atoms with van der Waals surface area (Å²) in [5, 5.41) is 9.08. The second-order valence-electron chi connectivity index (χ2n) is 3.78. The number of rotatable bonds is 3. The highest BCUT2D eigenvalue weighted by Gasteiger charge is 2.25. The Kier molecular flexibility index (Phi) is 3.21. The van der Waals surface area contributed by atoms with Crippen LogP contribution in [0.4, 0.5) is 0 Å². The Morgan fingerprint density at radius 2 is 1.87 bits per heavy atom. The number of ether oxygens (including phenoxy) is 2. The molecular weight excluding hydrogens is 190 g/mol. The molecule has 1 aromatic carbocycles. The van der Waals surface area contributed by atoms with Crippen LogP contribution in [0.5, 0.6) is 11.5 Å². The van der Waals surface area contributed by atoms with Gasteiger partial charge in [0.2, 0.25) is 0 Å². The minimum absolute atomic E-state index is 0.583. The van der Waals surface area contributed by atoms with Crippen LogP contribution in [-0.2, 0) is 5.41 Å². The van der Waals surface area contributed by atoms with E-state index in [4.69, 9.17) is 14.7 Å². The van der Waals surface area contributed by atoms with Crippen LogP contribution in [0.15, 0.2) is 18.2 Å². The van der Waals surface area contributed by atoms with Gasteiger partial charge in [-0.15, -0.1) is 0 Å². The summed E-state index contributed by atoms with van der Waals surface area (Å²) in [6.45, 7) is 3.70. The number of nitrogens with zero attached hydrogens (tertiary/aromatic N) is 1. The topological polar surface area (TPSA) is 42.2 Å². The van der Waals surface area contributed by atoms with E-state index >= 15 is 0 Å². The predicted molar refractivity (Wildman–Crippen MR) is 58.2 cm³/mol. The van der Waals surface area contributed by atoms with Crippen LogP contribution in [0.1, 0.15) is 19.4 Å². The number of methoxy groups -OCH3 is 2. The van der Waals surface area contributed by atoms with Crippen molar-refractivity contribution in [1.82, 2.24) is 0 Å². The molecule has 0 aliphatic carbocycles. The summed E-state index contributed by atoms with van der Waals surface area (Å²) >= 11 is 0. The molecular formula is C12H15NO2. The van der Waals surface area contributed by atoms with Crippen LogP contribution >= 0.6 is 0 Å². The monoisotopic (exact) mass is 205 g/mol. The van der Waals surface area contributed by atoms with Crippen LogP contribution in [0.25, 0.3) is 0 Å². The summed E-state index contributed by atoms with van der Waals surface area (Å²) in [6.07, 6.45) is 0. The fourth-order valence-corrected chi connectivity index (χ4v) is 1.44. The van der Waals surface area contributed by atoms with E-state index in [2.05, 4.69) is 6.07 Å². The summed E-state index contributed by atoms with van der Waals surface area (Å²) in [6, 6.07) is 7.80. The lowest BCUT2D eigenvalue weighted by molar-refractivity contribution is 0.348. The molecule has 3 nitrogen and oxygen atoms in total. The molecule has 0 fully saturated rings. The first kappa shape index (κ1) is 11.4. The molecule has 0 atom stereocenters. The highest BCUT2D eigenvalue weighted by atomic mass is 16.5. The van der Waals surface area contributed by atoms with Crippen molar-refractivity contribution in [3.8, 4) is 17.6 Å². The highest BCUT2D eigenvalue weighted by Crippen LogP contribution is 2.37. The van der Waals surface area contributed by atoms with Gasteiger partial charge in [-0.3, -0.25) is 0 Å². The quantitative estimate of drug-likeness (QED) is 0.761. The van der Waals surface area contributed by atoms with Gasteiger partial charge in [0.15, 0.2) is 11.5 Å². The maximum absolute atomic E-state index is 9.08. The Balaban J connectivity index is 3.37. The minimum Gasteiger partial charge on any atom is -0.493 e. The predicted octanol–water partition coefficient (Wildman–Crippen LogP) is 2.50. The lowest BCUT2D eigenvalue weighted by atomic mass is 9.85. The van der Waals surface area contributed by atoms with Crippen LogP contribution in [0.2, 0.25) is 0 Å². The first-order valence-electron chi connectivity index (χ1n) is 4.69. The molecule has 0 bridgehead atoms. The summed E-state index contributed by atoms with van der Waals surface area (Å²) in [5.41, 5.74) is 0.256. The largest absolute Gasteiger partial charge is 0.493 e. The number of hydrogen-bond acceptors (Lipinski definition) is 3. The van der Waals surface area contributed by atoms with Gasteiger partial charge < -0.3 is 9.47 Å². The van der Waals surface area contributed by atoms with Gasteiger partial charge in [-0.05, 0) is 19.9 Å². The number of hydrogen-bond donors (Lipinski definition) is 0. The fourth-order valence-electron chi connectivity index (χ4n) is 1.44. The molecule has 0 aliphatic rings. The van der Waals surface area contributed by atoms with Gasteiger partial charge in [0.05, 0.1) is 25.7 Å². The first-order chi connectivity index (χ1) is 7.06. The van der Waals surface area contributed by atoms with Crippen molar-refractivity contribution in [3.05, 3.63) is 23.8 Å². The highest BCUT2D eigenvalue weighted by molar-refractivity contribution is 5.51. The third kappa shape index (κ3) is 2.04. The zero-order valence-electron chi connectivity index (χ0n) is 9.50. The smallest absolute Gasteiger partial charge is 0.165 e. The van der Waals surface area contributed by atoms with Crippen molar-refractivity contribution in [3.63, 3.8) is 0 Å². The second kappa shape index (κ2) is 4.22. The Bertz CT molecular complexity index is 391. The molecule has 3 heteroatoms. The SMILES string of the molecule is COc1cccc(C(C)(C)C#N)c1OC. The third-order valence-corrected chi connectivity index (χ3v) is 2.36. The van der Waals surface area contributed by atoms with E-state index in [9.17, 15) is 0 Å². The summed E-state index contributed by atoms with van der Waals surface area (Å²) < 4.78 is 10.5. The average molecular weight is 205 g/mol. The van der Waals surface area contributed by atoms with E-state index in [1.807, 2.05) is 32.0 Å². The molecule has 0 heterocycles. The summed E-state index contributed by atoms with van der Waals surface area (Å²) in [4.78, 5) is 0. The van der Waals surface area contributed by atoms with E-state index in [0.717, 1.165) is 5.56 Å². The number of nitriles is 1. The maximum atomic E-state index is 9.08. The van der Waals surface area contributed by atoms with Gasteiger partial charge in [0, 0.05) is 5.56 Å². The van der Waals surface area contributed by atoms with E-state index in [-0.39, 0.29) is 0 Å². The van der Waals surface area contributed by atoms with E-state index < -0.39 is 5.41 Å². The van der Waals surface area contributed by atoms with Crippen molar-refractivity contribution in [1.29, 1.82) is 5.26 Å². The molecule has 0 saturated carbocycles. The van der Waals surface area contributed by atoms with Crippen molar-refractivity contribution in [2.45, 2.75) is 19.3 Å². The van der Waals surface area contributed by atoms with Gasteiger partial charge in [0.1, 0.15) is 0 Å². The molecule has 1 rings (SSSR count). The average Bonchev–Trinajstić information content (AvgIpc) is 2.27. The van der Waals surface area contributed by atoms with Gasteiger partial charge in [0.25, 0.3) is 0 Å². The Morgan fingerprint density at radius 3 is 2.33 bits per heavy atom. The summed E-state index contributed by atoms with van der Waals surface area (Å²) in [7, 11) is 3.16. The number of benzene rings is 1. The van der Waals surface area contributed by atoms with Crippen LogP contribution in [0, 0.1) is 11.3 Å². The van der Waals surface area contributed by atoms with Gasteiger partial charge >= 0.3 is 0 Å². The normalized spacial score (nSPS) is 10.6. The van der Waals surface area contributed by atoms with Crippen LogP contribution in [0.3, 0.4) is 0 Å². The van der Waals surface area contributed by atoms with Gasteiger partial charge in [-0.1, -0.05) is 12.1 Å². The van der Waals surface area contributed by atoms with Crippen molar-refractivity contribution in [2.24, 2.45) is 0 Å². The lowest BCUT2D eigenvalue weighted by Gasteiger charge is -2.20. The zero-order valence-corrected chi connectivity index (χ0v) is 9.50. The zero-order chi connectivity index (χ0) is 11.5. The molecule has 80 valence electrons. The molecule has 0 unspecified atom stereocenters. The molecule has 0 aliphatic heterocycles.